The Hall–Kier alpha value is -1.22. The molecule has 0 amide bonds. The molecule has 0 radical (unpaired) electrons. The predicted octanol–water partition coefficient (Wildman–Crippen LogP) is 2.08. The van der Waals surface area contributed by atoms with E-state index in [9.17, 15) is 9.18 Å². The van der Waals surface area contributed by atoms with Crippen molar-refractivity contribution in [3.05, 3.63) is 35.6 Å². The average molecular weight is 221 g/mol. The van der Waals surface area contributed by atoms with Crippen molar-refractivity contribution < 1.29 is 9.18 Å². The van der Waals surface area contributed by atoms with Gasteiger partial charge in [-0.3, -0.25) is 4.79 Å². The molecule has 86 valence electrons. The molecule has 2 rings (SSSR count). The van der Waals surface area contributed by atoms with Crippen LogP contribution in [0, 0.1) is 5.82 Å². The minimum absolute atomic E-state index is 0.208. The van der Waals surface area contributed by atoms with E-state index in [4.69, 9.17) is 0 Å². The number of halogens is 1. The van der Waals surface area contributed by atoms with Crippen molar-refractivity contribution in [3.63, 3.8) is 0 Å². The van der Waals surface area contributed by atoms with Crippen molar-refractivity contribution in [3.8, 4) is 0 Å². The normalized spacial score (nSPS) is 15.1. The second kappa shape index (κ2) is 5.21. The van der Waals surface area contributed by atoms with E-state index in [1.54, 1.807) is 12.1 Å². The first-order chi connectivity index (χ1) is 7.74. The molecule has 0 aliphatic heterocycles. The Labute approximate surface area is 94.9 Å². The SMILES string of the molecule is O=C(CCNC1CC1)Cc1ccc(F)cc1. The van der Waals surface area contributed by atoms with Crippen LogP contribution in [-0.4, -0.2) is 18.4 Å². The second-order valence-electron chi connectivity index (χ2n) is 4.32. The molecule has 1 saturated carbocycles. The van der Waals surface area contributed by atoms with E-state index in [0.717, 1.165) is 12.1 Å². The number of rotatable bonds is 6. The summed E-state index contributed by atoms with van der Waals surface area (Å²) < 4.78 is 12.6. The number of carbonyl (C=O) groups excluding carboxylic acids is 1. The van der Waals surface area contributed by atoms with Gasteiger partial charge in [0, 0.05) is 25.4 Å². The van der Waals surface area contributed by atoms with Crippen molar-refractivity contribution in [1.29, 1.82) is 0 Å². The van der Waals surface area contributed by atoms with Gasteiger partial charge in [-0.2, -0.15) is 0 Å². The third-order valence-corrected chi connectivity index (χ3v) is 2.73. The highest BCUT2D eigenvalue weighted by molar-refractivity contribution is 5.81. The smallest absolute Gasteiger partial charge is 0.138 e. The van der Waals surface area contributed by atoms with Crippen LogP contribution < -0.4 is 5.32 Å². The van der Waals surface area contributed by atoms with Crippen LogP contribution in [0.15, 0.2) is 24.3 Å². The van der Waals surface area contributed by atoms with Crippen LogP contribution in [0.4, 0.5) is 4.39 Å². The first-order valence-corrected chi connectivity index (χ1v) is 5.73. The zero-order valence-corrected chi connectivity index (χ0v) is 9.21. The highest BCUT2D eigenvalue weighted by atomic mass is 19.1. The third kappa shape index (κ3) is 3.74. The molecule has 1 fully saturated rings. The molecule has 0 heterocycles. The molecule has 2 nitrogen and oxygen atoms in total. The molecule has 3 heteroatoms. The van der Waals surface area contributed by atoms with Crippen LogP contribution in [0.3, 0.4) is 0 Å². The van der Waals surface area contributed by atoms with Gasteiger partial charge in [0.25, 0.3) is 0 Å². The molecule has 1 aliphatic carbocycles. The zero-order chi connectivity index (χ0) is 11.4. The third-order valence-electron chi connectivity index (χ3n) is 2.73. The molecule has 0 atom stereocenters. The molecule has 0 saturated heterocycles. The fourth-order valence-corrected chi connectivity index (χ4v) is 1.62. The van der Waals surface area contributed by atoms with Crippen molar-refractivity contribution in [2.75, 3.05) is 6.54 Å². The minimum atomic E-state index is -0.258. The zero-order valence-electron chi connectivity index (χ0n) is 9.21. The molecule has 0 unspecified atom stereocenters. The Morgan fingerprint density at radius 2 is 2.00 bits per heavy atom. The van der Waals surface area contributed by atoms with E-state index in [-0.39, 0.29) is 11.6 Å². The summed E-state index contributed by atoms with van der Waals surface area (Å²) in [7, 11) is 0. The van der Waals surface area contributed by atoms with Gasteiger partial charge in [0.2, 0.25) is 0 Å². The van der Waals surface area contributed by atoms with Gasteiger partial charge in [0.15, 0.2) is 0 Å². The largest absolute Gasteiger partial charge is 0.314 e. The summed E-state index contributed by atoms with van der Waals surface area (Å²) in [4.78, 5) is 11.6. The van der Waals surface area contributed by atoms with Gasteiger partial charge in [-0.25, -0.2) is 4.39 Å². The van der Waals surface area contributed by atoms with Crippen molar-refractivity contribution in [1.82, 2.24) is 5.32 Å². The topological polar surface area (TPSA) is 29.1 Å². The first-order valence-electron chi connectivity index (χ1n) is 5.73. The summed E-state index contributed by atoms with van der Waals surface area (Å²) in [5.41, 5.74) is 0.887. The maximum Gasteiger partial charge on any atom is 0.138 e. The highest BCUT2D eigenvalue weighted by Gasteiger charge is 2.19. The molecule has 0 aromatic heterocycles. The quantitative estimate of drug-likeness (QED) is 0.796. The summed E-state index contributed by atoms with van der Waals surface area (Å²) in [6, 6.07) is 6.78. The molecular formula is C13H16FNO. The lowest BCUT2D eigenvalue weighted by molar-refractivity contribution is -0.118. The Kier molecular flexibility index (Phi) is 3.67. The fraction of sp³-hybridized carbons (Fsp3) is 0.462. The van der Waals surface area contributed by atoms with Gasteiger partial charge in [-0.05, 0) is 30.5 Å². The predicted molar refractivity (Wildman–Crippen MR) is 60.8 cm³/mol. The molecule has 1 N–H and O–H groups in total. The van der Waals surface area contributed by atoms with Gasteiger partial charge in [-0.1, -0.05) is 12.1 Å². The van der Waals surface area contributed by atoms with Crippen LogP contribution >= 0.6 is 0 Å². The van der Waals surface area contributed by atoms with Crippen LogP contribution in [0.1, 0.15) is 24.8 Å². The molecule has 1 aromatic carbocycles. The molecule has 1 aromatic rings. The summed E-state index contributed by atoms with van der Waals surface area (Å²) in [6.07, 6.45) is 3.46. The molecular weight excluding hydrogens is 205 g/mol. The van der Waals surface area contributed by atoms with E-state index in [2.05, 4.69) is 5.32 Å². The van der Waals surface area contributed by atoms with Crippen molar-refractivity contribution in [2.45, 2.75) is 31.7 Å². The Balaban J connectivity index is 1.70. The van der Waals surface area contributed by atoms with E-state index in [1.165, 1.54) is 25.0 Å². The average Bonchev–Trinajstić information content (AvgIpc) is 3.05. The molecule has 16 heavy (non-hydrogen) atoms. The van der Waals surface area contributed by atoms with Crippen molar-refractivity contribution >= 4 is 5.78 Å². The second-order valence-corrected chi connectivity index (χ2v) is 4.32. The van der Waals surface area contributed by atoms with Gasteiger partial charge in [0.05, 0.1) is 0 Å². The van der Waals surface area contributed by atoms with Gasteiger partial charge >= 0.3 is 0 Å². The van der Waals surface area contributed by atoms with Crippen LogP contribution in [0.25, 0.3) is 0 Å². The fourth-order valence-electron chi connectivity index (χ4n) is 1.62. The summed E-state index contributed by atoms with van der Waals surface area (Å²) >= 11 is 0. The summed E-state index contributed by atoms with van der Waals surface area (Å²) in [5, 5.41) is 3.30. The summed E-state index contributed by atoms with van der Waals surface area (Å²) in [6.45, 7) is 0.769. The van der Waals surface area contributed by atoms with Gasteiger partial charge < -0.3 is 5.32 Å². The van der Waals surface area contributed by atoms with Crippen LogP contribution in [-0.2, 0) is 11.2 Å². The number of benzene rings is 1. The van der Waals surface area contributed by atoms with Gasteiger partial charge in [-0.15, -0.1) is 0 Å². The number of ketones is 1. The maximum atomic E-state index is 12.6. The minimum Gasteiger partial charge on any atom is -0.314 e. The van der Waals surface area contributed by atoms with Crippen LogP contribution in [0.5, 0.6) is 0 Å². The molecule has 0 spiro atoms. The van der Waals surface area contributed by atoms with E-state index in [1.807, 2.05) is 0 Å². The molecule has 0 bridgehead atoms. The van der Waals surface area contributed by atoms with Gasteiger partial charge in [0.1, 0.15) is 11.6 Å². The summed E-state index contributed by atoms with van der Waals surface area (Å²) in [5.74, 6) is -0.0497. The number of Topliss-reactive ketones (excluding diaryl/α,β-unsaturated/α-hetero) is 1. The maximum absolute atomic E-state index is 12.6. The number of hydrogen-bond donors (Lipinski definition) is 1. The number of nitrogens with one attached hydrogen (secondary N) is 1. The number of carbonyl (C=O) groups is 1. The van der Waals surface area contributed by atoms with Crippen LogP contribution in [0.2, 0.25) is 0 Å². The van der Waals surface area contributed by atoms with E-state index < -0.39 is 0 Å². The lowest BCUT2D eigenvalue weighted by Gasteiger charge is -2.02. The lowest BCUT2D eigenvalue weighted by Crippen LogP contribution is -2.20. The Morgan fingerprint density at radius 1 is 1.31 bits per heavy atom. The Morgan fingerprint density at radius 3 is 2.62 bits per heavy atom. The lowest BCUT2D eigenvalue weighted by atomic mass is 10.1. The van der Waals surface area contributed by atoms with E-state index >= 15 is 0 Å². The standard InChI is InChI=1S/C13H16FNO/c14-11-3-1-10(2-4-11)9-13(16)7-8-15-12-5-6-12/h1-4,12,15H,5-9H2. The van der Waals surface area contributed by atoms with E-state index in [0.29, 0.717) is 18.9 Å². The monoisotopic (exact) mass is 221 g/mol. The van der Waals surface area contributed by atoms with Crippen molar-refractivity contribution in [2.24, 2.45) is 0 Å². The molecule has 1 aliphatic rings. The number of hydrogen-bond acceptors (Lipinski definition) is 2. The highest BCUT2D eigenvalue weighted by Crippen LogP contribution is 2.18. The Bertz CT molecular complexity index is 357. The first kappa shape index (κ1) is 11.3.